The molecule has 0 spiro atoms. The second kappa shape index (κ2) is 8.68. The van der Waals surface area contributed by atoms with E-state index in [4.69, 9.17) is 4.98 Å². The molecule has 0 radical (unpaired) electrons. The lowest BCUT2D eigenvalue weighted by Gasteiger charge is -2.38. The predicted molar refractivity (Wildman–Crippen MR) is 117 cm³/mol. The molecule has 1 N–H and O–H groups in total. The van der Waals surface area contributed by atoms with Crippen molar-refractivity contribution in [3.63, 3.8) is 0 Å². The van der Waals surface area contributed by atoms with Crippen molar-refractivity contribution in [1.82, 2.24) is 24.8 Å². The molecular formula is C24H26FN5O2. The first kappa shape index (κ1) is 20.6. The zero-order chi connectivity index (χ0) is 22.1. The molecular weight excluding hydrogens is 409 g/mol. The summed E-state index contributed by atoms with van der Waals surface area (Å²) in [4.78, 5) is 41.9. The molecule has 0 bridgehead atoms. The summed E-state index contributed by atoms with van der Waals surface area (Å²) >= 11 is 0. The first-order valence-electron chi connectivity index (χ1n) is 11.2. The number of nitrogens with zero attached hydrogens (tertiary/aromatic N) is 4. The van der Waals surface area contributed by atoms with Crippen LogP contribution in [-0.4, -0.2) is 62.7 Å². The number of aromatic amines is 1. The number of imidazole rings is 1. The van der Waals surface area contributed by atoms with E-state index in [-0.39, 0.29) is 29.2 Å². The Hall–Kier alpha value is -3.29. The van der Waals surface area contributed by atoms with Crippen LogP contribution in [0.15, 0.2) is 42.7 Å². The Morgan fingerprint density at radius 2 is 1.84 bits per heavy atom. The Balaban J connectivity index is 1.27. The highest BCUT2D eigenvalue weighted by Crippen LogP contribution is 2.29. The van der Waals surface area contributed by atoms with Crippen LogP contribution < -0.4 is 0 Å². The highest BCUT2D eigenvalue weighted by Gasteiger charge is 2.34. The van der Waals surface area contributed by atoms with Gasteiger partial charge in [-0.15, -0.1) is 0 Å². The van der Waals surface area contributed by atoms with E-state index >= 15 is 0 Å². The number of rotatable bonds is 3. The molecule has 8 heteroatoms. The highest BCUT2D eigenvalue weighted by atomic mass is 19.1. The highest BCUT2D eigenvalue weighted by molar-refractivity contribution is 5.95. The van der Waals surface area contributed by atoms with Crippen molar-refractivity contribution in [2.75, 3.05) is 26.2 Å². The van der Waals surface area contributed by atoms with Gasteiger partial charge in [-0.1, -0.05) is 12.1 Å². The van der Waals surface area contributed by atoms with Crippen molar-refractivity contribution in [3.8, 4) is 0 Å². The van der Waals surface area contributed by atoms with E-state index in [1.807, 2.05) is 11.0 Å². The molecule has 2 amide bonds. The van der Waals surface area contributed by atoms with E-state index in [0.29, 0.717) is 19.6 Å². The lowest BCUT2D eigenvalue weighted by molar-refractivity contribution is -0.138. The van der Waals surface area contributed by atoms with E-state index < -0.39 is 5.82 Å². The number of H-pyrrole nitrogens is 1. The third-order valence-electron chi connectivity index (χ3n) is 6.58. The van der Waals surface area contributed by atoms with E-state index in [1.165, 1.54) is 12.1 Å². The van der Waals surface area contributed by atoms with Crippen LogP contribution in [0.1, 0.15) is 47.8 Å². The Kier molecular flexibility index (Phi) is 5.59. The summed E-state index contributed by atoms with van der Waals surface area (Å²) in [6.07, 6.45) is 6.86. The second-order valence-electron chi connectivity index (χ2n) is 8.71. The smallest absolute Gasteiger partial charge is 0.256 e. The van der Waals surface area contributed by atoms with Crippen LogP contribution in [0.25, 0.3) is 11.0 Å². The number of aromatic nitrogens is 3. The number of carbonyl (C=O) groups is 2. The van der Waals surface area contributed by atoms with Crippen molar-refractivity contribution < 1.29 is 14.0 Å². The van der Waals surface area contributed by atoms with Gasteiger partial charge < -0.3 is 14.8 Å². The van der Waals surface area contributed by atoms with Crippen LogP contribution in [0, 0.1) is 11.7 Å². The molecule has 1 aromatic carbocycles. The normalized spacial score (nSPS) is 21.7. The van der Waals surface area contributed by atoms with E-state index in [0.717, 1.165) is 49.1 Å². The molecule has 4 heterocycles. The molecule has 2 aromatic heterocycles. The Bertz CT molecular complexity index is 1110. The quantitative estimate of drug-likeness (QED) is 0.684. The van der Waals surface area contributed by atoms with Crippen molar-refractivity contribution >= 4 is 22.8 Å². The number of benzene rings is 1. The van der Waals surface area contributed by atoms with Crippen LogP contribution >= 0.6 is 0 Å². The van der Waals surface area contributed by atoms with Crippen molar-refractivity contribution in [1.29, 1.82) is 0 Å². The molecule has 2 unspecified atom stereocenters. The van der Waals surface area contributed by atoms with Crippen molar-refractivity contribution in [2.45, 2.75) is 31.6 Å². The van der Waals surface area contributed by atoms with Gasteiger partial charge >= 0.3 is 0 Å². The fourth-order valence-corrected chi connectivity index (χ4v) is 4.90. The van der Waals surface area contributed by atoms with Crippen LogP contribution in [0.5, 0.6) is 0 Å². The molecule has 2 fully saturated rings. The van der Waals surface area contributed by atoms with Gasteiger partial charge in [0.2, 0.25) is 5.91 Å². The molecule has 0 aliphatic carbocycles. The molecule has 3 aromatic rings. The number of carbonyl (C=O) groups excluding carboxylic acids is 2. The summed E-state index contributed by atoms with van der Waals surface area (Å²) in [5, 5.41) is 0. The average Bonchev–Trinajstić information content (AvgIpc) is 3.28. The third kappa shape index (κ3) is 3.97. The first-order valence-corrected chi connectivity index (χ1v) is 11.2. The lowest BCUT2D eigenvalue weighted by Crippen LogP contribution is -2.49. The van der Waals surface area contributed by atoms with Gasteiger partial charge in [0.05, 0.1) is 28.7 Å². The maximum Gasteiger partial charge on any atom is 0.256 e. The minimum absolute atomic E-state index is 0.0676. The van der Waals surface area contributed by atoms with Gasteiger partial charge in [-0.3, -0.25) is 14.6 Å². The Labute approximate surface area is 185 Å². The maximum atomic E-state index is 14.1. The standard InChI is InChI=1S/C24H26FN5O2/c25-19-8-2-1-7-18(19)24(32)30-12-4-6-17(15-30)23(31)29-11-3-5-16(14-29)22-27-20-9-10-26-13-21(20)28-22/h1-2,7-10,13,16-17H,3-6,11-12,14-15H2,(H,27,28). The van der Waals surface area contributed by atoms with Crippen LogP contribution in [-0.2, 0) is 4.79 Å². The zero-order valence-electron chi connectivity index (χ0n) is 17.8. The number of piperidine rings is 2. The number of hydrogen-bond donors (Lipinski definition) is 1. The van der Waals surface area contributed by atoms with Crippen molar-refractivity contribution in [3.05, 3.63) is 59.9 Å². The van der Waals surface area contributed by atoms with Gasteiger partial charge in [-0.05, 0) is 43.9 Å². The summed E-state index contributed by atoms with van der Waals surface area (Å²) in [7, 11) is 0. The van der Waals surface area contributed by atoms with Crippen molar-refractivity contribution in [2.24, 2.45) is 5.92 Å². The largest absolute Gasteiger partial charge is 0.342 e. The molecule has 2 aliphatic heterocycles. The minimum atomic E-state index is -0.522. The second-order valence-corrected chi connectivity index (χ2v) is 8.71. The zero-order valence-corrected chi connectivity index (χ0v) is 17.8. The topological polar surface area (TPSA) is 82.2 Å². The summed E-state index contributed by atoms with van der Waals surface area (Å²) < 4.78 is 14.1. The number of fused-ring (bicyclic) bond motifs is 1. The molecule has 32 heavy (non-hydrogen) atoms. The number of amides is 2. The fourth-order valence-electron chi connectivity index (χ4n) is 4.90. The molecule has 2 atom stereocenters. The average molecular weight is 436 g/mol. The van der Waals surface area contributed by atoms with Gasteiger partial charge in [0, 0.05) is 38.3 Å². The van der Waals surface area contributed by atoms with E-state index in [9.17, 15) is 14.0 Å². The van der Waals surface area contributed by atoms with Gasteiger partial charge in [0.1, 0.15) is 11.6 Å². The van der Waals surface area contributed by atoms with Gasteiger partial charge in [0.15, 0.2) is 0 Å². The maximum absolute atomic E-state index is 14.1. The number of pyridine rings is 1. The molecule has 7 nitrogen and oxygen atoms in total. The third-order valence-corrected chi connectivity index (χ3v) is 6.58. The summed E-state index contributed by atoms with van der Waals surface area (Å²) in [6.45, 7) is 2.22. The SMILES string of the molecule is O=C(c1ccccc1F)N1CCCC(C(=O)N2CCCC(c3nc4ccncc4[nH]3)C2)C1. The molecule has 2 saturated heterocycles. The number of nitrogens with one attached hydrogen (secondary N) is 1. The van der Waals surface area contributed by atoms with E-state index in [2.05, 4.69) is 9.97 Å². The minimum Gasteiger partial charge on any atom is -0.342 e. The Morgan fingerprint density at radius 1 is 1.03 bits per heavy atom. The lowest BCUT2D eigenvalue weighted by atomic mass is 9.92. The number of likely N-dealkylation sites (tertiary alicyclic amines) is 2. The summed E-state index contributed by atoms with van der Waals surface area (Å²) in [5.74, 6) is 0.0146. The molecule has 5 rings (SSSR count). The van der Waals surface area contributed by atoms with Gasteiger partial charge in [-0.25, -0.2) is 9.37 Å². The van der Waals surface area contributed by atoms with Crippen LogP contribution in [0.4, 0.5) is 4.39 Å². The fraction of sp³-hybridized carbons (Fsp3) is 0.417. The summed E-state index contributed by atoms with van der Waals surface area (Å²) in [5.41, 5.74) is 1.85. The molecule has 166 valence electrons. The molecule has 2 aliphatic rings. The van der Waals surface area contributed by atoms with Crippen LogP contribution in [0.2, 0.25) is 0 Å². The van der Waals surface area contributed by atoms with Crippen LogP contribution in [0.3, 0.4) is 0 Å². The van der Waals surface area contributed by atoms with Gasteiger partial charge in [0.25, 0.3) is 5.91 Å². The summed E-state index contributed by atoms with van der Waals surface area (Å²) in [6, 6.07) is 7.90. The number of hydrogen-bond acceptors (Lipinski definition) is 4. The predicted octanol–water partition coefficient (Wildman–Crippen LogP) is 3.36. The monoisotopic (exact) mass is 435 g/mol. The number of halogens is 1. The first-order chi connectivity index (χ1) is 15.6. The van der Waals surface area contributed by atoms with Gasteiger partial charge in [-0.2, -0.15) is 0 Å². The van der Waals surface area contributed by atoms with E-state index in [1.54, 1.807) is 29.4 Å². The molecule has 0 saturated carbocycles. The Morgan fingerprint density at radius 3 is 2.69 bits per heavy atom.